The van der Waals surface area contributed by atoms with Gasteiger partial charge in [-0.2, -0.15) is 0 Å². The van der Waals surface area contributed by atoms with Gasteiger partial charge in [0.2, 0.25) is 0 Å². The predicted molar refractivity (Wildman–Crippen MR) is 257 cm³/mol. The number of fused-ring (bicyclic) bond motifs is 11. The smallest absolute Gasteiger partial charge is 0.0503 e. The molecular weight excluding hydrogens is 745 g/mol. The first-order chi connectivity index (χ1) is 29.8. The average Bonchev–Trinajstić information content (AvgIpc) is 3.90. The number of benzene rings is 10. The van der Waals surface area contributed by atoms with Crippen molar-refractivity contribution in [3.8, 4) is 22.3 Å². The third-order valence-corrected chi connectivity index (χ3v) is 13.4. The lowest BCUT2D eigenvalue weighted by Gasteiger charge is -2.27. The highest BCUT2D eigenvalue weighted by molar-refractivity contribution is 7.27. The van der Waals surface area contributed by atoms with Gasteiger partial charge in [-0.25, -0.2) is 0 Å². The Morgan fingerprint density at radius 3 is 1.52 bits per heavy atom. The Morgan fingerprint density at radius 1 is 0.333 bits per heavy atom. The first-order valence-electron chi connectivity index (χ1n) is 20.6. The second-order valence-corrected chi connectivity index (χ2v) is 16.7. The minimum absolute atomic E-state index is 0.873. The Bertz CT molecular complexity index is 3310. The Kier molecular flexibility index (Phi) is 8.14. The van der Waals surface area contributed by atoms with Crippen molar-refractivity contribution in [1.82, 2.24) is 0 Å². The van der Waals surface area contributed by atoms with Gasteiger partial charge in [0, 0.05) is 60.4 Å². The largest absolute Gasteiger partial charge is 0.310 e. The van der Waals surface area contributed by atoms with E-state index in [9.17, 15) is 0 Å². The summed E-state index contributed by atoms with van der Waals surface area (Å²) in [6.07, 6.45) is 0.873. The van der Waals surface area contributed by atoms with Crippen molar-refractivity contribution in [2.75, 3.05) is 9.80 Å². The van der Waals surface area contributed by atoms with Crippen LogP contribution < -0.4 is 9.80 Å². The molecule has 0 aliphatic heterocycles. The molecule has 0 fully saturated rings. The summed E-state index contributed by atoms with van der Waals surface area (Å²) in [5.41, 5.74) is 14.9. The Labute approximate surface area is 353 Å². The van der Waals surface area contributed by atoms with Gasteiger partial charge in [-0.3, -0.25) is 0 Å². The third kappa shape index (κ3) is 5.55. The maximum Gasteiger partial charge on any atom is 0.0503 e. The summed E-state index contributed by atoms with van der Waals surface area (Å²) in [6, 6.07) is 79.7. The second-order valence-electron chi connectivity index (χ2n) is 15.6. The SMILES string of the molecule is c1ccc(N(c2ccccc2)c2ccc3c(c2)c2ccccc2c2c4ccc(-c5cccc6c5Cc5c-6cccc5N(c5ccccc5)c5ccccc5)cc4sc32)cc1. The molecule has 3 heteroatoms. The third-order valence-electron chi connectivity index (χ3n) is 12.3. The minimum Gasteiger partial charge on any atom is -0.310 e. The van der Waals surface area contributed by atoms with Gasteiger partial charge in [-0.1, -0.05) is 146 Å². The zero-order chi connectivity index (χ0) is 39.6. The number of hydrogen-bond donors (Lipinski definition) is 0. The van der Waals surface area contributed by atoms with E-state index in [4.69, 9.17) is 0 Å². The van der Waals surface area contributed by atoms with E-state index >= 15 is 0 Å². The van der Waals surface area contributed by atoms with Crippen LogP contribution in [0.15, 0.2) is 218 Å². The van der Waals surface area contributed by atoms with Crippen molar-refractivity contribution < 1.29 is 0 Å². The molecule has 1 aromatic heterocycles. The molecule has 1 aliphatic carbocycles. The fourth-order valence-electron chi connectivity index (χ4n) is 9.63. The monoisotopic (exact) mass is 782 g/mol. The lowest BCUT2D eigenvalue weighted by molar-refractivity contribution is 1.20. The maximum absolute atomic E-state index is 2.45. The summed E-state index contributed by atoms with van der Waals surface area (Å²) in [4.78, 5) is 4.77. The highest BCUT2D eigenvalue weighted by Gasteiger charge is 2.27. The summed E-state index contributed by atoms with van der Waals surface area (Å²) in [7, 11) is 0. The first-order valence-corrected chi connectivity index (χ1v) is 21.5. The molecule has 60 heavy (non-hydrogen) atoms. The van der Waals surface area contributed by atoms with Crippen LogP contribution in [0, 0.1) is 0 Å². The highest BCUT2D eigenvalue weighted by Crippen LogP contribution is 2.50. The van der Waals surface area contributed by atoms with Gasteiger partial charge in [0.15, 0.2) is 0 Å². The van der Waals surface area contributed by atoms with Gasteiger partial charge in [-0.05, 0) is 122 Å². The van der Waals surface area contributed by atoms with Gasteiger partial charge in [-0.15, -0.1) is 11.3 Å². The van der Waals surface area contributed by atoms with Crippen LogP contribution in [-0.4, -0.2) is 0 Å². The van der Waals surface area contributed by atoms with E-state index in [1.807, 2.05) is 11.3 Å². The molecule has 0 N–H and O–H groups in total. The van der Waals surface area contributed by atoms with Crippen LogP contribution in [0.1, 0.15) is 11.1 Å². The van der Waals surface area contributed by atoms with E-state index in [0.29, 0.717) is 0 Å². The number of para-hydroxylation sites is 4. The molecule has 0 spiro atoms. The van der Waals surface area contributed by atoms with Crippen molar-refractivity contribution in [2.45, 2.75) is 6.42 Å². The van der Waals surface area contributed by atoms with Gasteiger partial charge in [0.25, 0.3) is 0 Å². The molecule has 0 amide bonds. The molecule has 1 aliphatic rings. The Morgan fingerprint density at radius 2 is 0.867 bits per heavy atom. The van der Waals surface area contributed by atoms with Crippen molar-refractivity contribution in [3.63, 3.8) is 0 Å². The fourth-order valence-corrected chi connectivity index (χ4v) is 10.9. The predicted octanol–water partition coefficient (Wildman–Crippen LogP) is 16.5. The van der Waals surface area contributed by atoms with E-state index in [-0.39, 0.29) is 0 Å². The molecule has 2 nitrogen and oxygen atoms in total. The van der Waals surface area contributed by atoms with Crippen LogP contribution in [0.5, 0.6) is 0 Å². The zero-order valence-corrected chi connectivity index (χ0v) is 33.6. The topological polar surface area (TPSA) is 6.48 Å². The van der Waals surface area contributed by atoms with Gasteiger partial charge < -0.3 is 9.80 Å². The number of hydrogen-bond acceptors (Lipinski definition) is 3. The van der Waals surface area contributed by atoms with E-state index in [2.05, 4.69) is 228 Å². The van der Waals surface area contributed by atoms with Crippen LogP contribution in [0.2, 0.25) is 0 Å². The maximum atomic E-state index is 2.45. The number of thiophene rings is 1. The number of anilines is 6. The molecule has 10 aromatic carbocycles. The van der Waals surface area contributed by atoms with Crippen molar-refractivity contribution >= 4 is 87.2 Å². The fraction of sp³-hybridized carbons (Fsp3) is 0.0175. The normalized spacial score (nSPS) is 11.9. The highest BCUT2D eigenvalue weighted by atomic mass is 32.1. The van der Waals surface area contributed by atoms with Crippen molar-refractivity contribution in [3.05, 3.63) is 230 Å². The van der Waals surface area contributed by atoms with Crippen molar-refractivity contribution in [1.29, 1.82) is 0 Å². The van der Waals surface area contributed by atoms with E-state index < -0.39 is 0 Å². The molecule has 11 aromatic rings. The Balaban J connectivity index is 0.990. The molecule has 12 rings (SSSR count). The number of rotatable bonds is 7. The molecule has 0 saturated heterocycles. The lowest BCUT2D eigenvalue weighted by atomic mass is 9.94. The van der Waals surface area contributed by atoms with E-state index in [1.54, 1.807) is 0 Å². The summed E-state index contributed by atoms with van der Waals surface area (Å²) < 4.78 is 2.65. The van der Waals surface area contributed by atoms with E-state index in [0.717, 1.165) is 34.9 Å². The van der Waals surface area contributed by atoms with Crippen LogP contribution >= 0.6 is 11.3 Å². The Hall–Kier alpha value is -7.46. The molecule has 282 valence electrons. The standard InChI is InChI=1S/C57H38N2S/c1-5-17-39(18-6-1)58(40-19-7-2-8-20-40)43-32-34-49-51(36-43)47-25-13-14-26-48(47)56-50-33-31-38(35-55(50)60-57(49)56)44-27-15-28-45-46-29-16-30-54(53(46)37-52(44)45)59(41-21-9-3-10-22-41)42-23-11-4-12-24-42/h1-36H,37H2. The van der Waals surface area contributed by atoms with Crippen LogP contribution in [0.25, 0.3) is 64.0 Å². The summed E-state index contributed by atoms with van der Waals surface area (Å²) in [5.74, 6) is 0. The molecule has 0 bridgehead atoms. The van der Waals surface area contributed by atoms with Gasteiger partial charge >= 0.3 is 0 Å². The molecule has 0 atom stereocenters. The summed E-state index contributed by atoms with van der Waals surface area (Å²) >= 11 is 1.92. The second kappa shape index (κ2) is 14.1. The zero-order valence-electron chi connectivity index (χ0n) is 32.8. The van der Waals surface area contributed by atoms with E-state index in [1.165, 1.54) is 80.8 Å². The minimum atomic E-state index is 0.873. The van der Waals surface area contributed by atoms with Gasteiger partial charge in [0.1, 0.15) is 0 Å². The van der Waals surface area contributed by atoms with Crippen molar-refractivity contribution in [2.24, 2.45) is 0 Å². The van der Waals surface area contributed by atoms with Crippen LogP contribution in [-0.2, 0) is 6.42 Å². The molecule has 0 unspecified atom stereocenters. The molecular formula is C57H38N2S. The number of nitrogens with zero attached hydrogens (tertiary/aromatic N) is 2. The quantitative estimate of drug-likeness (QED) is 0.149. The molecule has 0 saturated carbocycles. The van der Waals surface area contributed by atoms with Gasteiger partial charge in [0.05, 0.1) is 5.69 Å². The summed E-state index contributed by atoms with van der Waals surface area (Å²) in [6.45, 7) is 0. The average molecular weight is 783 g/mol. The summed E-state index contributed by atoms with van der Waals surface area (Å²) in [5, 5.41) is 7.80. The van der Waals surface area contributed by atoms with Crippen LogP contribution in [0.4, 0.5) is 34.1 Å². The van der Waals surface area contributed by atoms with Crippen LogP contribution in [0.3, 0.4) is 0 Å². The first kappa shape index (κ1) is 34.6. The molecule has 1 heterocycles. The lowest BCUT2D eigenvalue weighted by Crippen LogP contribution is -2.11. The molecule has 0 radical (unpaired) electrons.